The average molecular weight is 377 g/mol. The van der Waals surface area contributed by atoms with Gasteiger partial charge in [-0.15, -0.1) is 0 Å². The molecule has 0 radical (unpaired) electrons. The lowest BCUT2D eigenvalue weighted by molar-refractivity contribution is -0.116. The maximum absolute atomic E-state index is 12.5. The van der Waals surface area contributed by atoms with Gasteiger partial charge < -0.3 is 10.1 Å². The second-order valence-electron chi connectivity index (χ2n) is 7.01. The number of nitrogens with zero attached hydrogens (tertiary/aromatic N) is 2. The van der Waals surface area contributed by atoms with Crippen molar-refractivity contribution in [3.63, 3.8) is 0 Å². The van der Waals surface area contributed by atoms with Gasteiger partial charge in [-0.25, -0.2) is 0 Å². The van der Waals surface area contributed by atoms with Crippen LogP contribution in [0.15, 0.2) is 48.5 Å². The van der Waals surface area contributed by atoms with Gasteiger partial charge in [0.2, 0.25) is 5.91 Å². The third-order valence-corrected chi connectivity index (χ3v) is 5.06. The van der Waals surface area contributed by atoms with Crippen LogP contribution < -0.4 is 10.1 Å². The average Bonchev–Trinajstić information content (AvgIpc) is 2.93. The van der Waals surface area contributed by atoms with Crippen LogP contribution in [0.1, 0.15) is 34.5 Å². The van der Waals surface area contributed by atoms with Crippen molar-refractivity contribution in [3.8, 4) is 5.75 Å². The summed E-state index contributed by atoms with van der Waals surface area (Å²) in [5, 5.41) is 7.43. The van der Waals surface area contributed by atoms with Gasteiger partial charge in [0.05, 0.1) is 12.8 Å². The molecule has 0 aliphatic carbocycles. The fourth-order valence-electron chi connectivity index (χ4n) is 3.45. The first-order valence-corrected chi connectivity index (χ1v) is 9.47. The van der Waals surface area contributed by atoms with E-state index in [1.165, 1.54) is 5.56 Å². The molecule has 0 spiro atoms. The number of benzene rings is 2. The highest BCUT2D eigenvalue weighted by atomic mass is 16.5. The summed E-state index contributed by atoms with van der Waals surface area (Å²) in [5.74, 6) is 0.821. The normalized spacial score (nSPS) is 10.7. The van der Waals surface area contributed by atoms with E-state index in [2.05, 4.69) is 22.5 Å². The molecule has 2 aromatic carbocycles. The maximum Gasteiger partial charge on any atom is 0.224 e. The topological polar surface area (TPSA) is 56.1 Å². The van der Waals surface area contributed by atoms with Crippen LogP contribution >= 0.6 is 0 Å². The standard InChI is InChI=1S/C23H27N3O2/c1-16-21(17(2)26(3)25-16)11-13-23(27)24-20-10-12-22(28-4)19(15-20)14-18-8-6-5-7-9-18/h5-10,12,15H,11,13-14H2,1-4H3,(H,24,27). The smallest absolute Gasteiger partial charge is 0.224 e. The number of hydrogen-bond acceptors (Lipinski definition) is 3. The third-order valence-electron chi connectivity index (χ3n) is 5.06. The molecule has 0 aliphatic rings. The van der Waals surface area contributed by atoms with Crippen LogP contribution in [0, 0.1) is 13.8 Å². The molecule has 0 saturated carbocycles. The van der Waals surface area contributed by atoms with Crippen molar-refractivity contribution in [2.24, 2.45) is 7.05 Å². The SMILES string of the molecule is COc1ccc(NC(=O)CCc2c(C)nn(C)c2C)cc1Cc1ccccc1. The molecule has 1 amide bonds. The Bertz CT molecular complexity index is 961. The number of aryl methyl sites for hydroxylation is 2. The second kappa shape index (κ2) is 8.74. The molecule has 0 saturated heterocycles. The summed E-state index contributed by atoms with van der Waals surface area (Å²) in [6.07, 6.45) is 1.86. The molecule has 0 atom stereocenters. The van der Waals surface area contributed by atoms with Crippen LogP contribution in [0.2, 0.25) is 0 Å². The van der Waals surface area contributed by atoms with Crippen molar-refractivity contribution < 1.29 is 9.53 Å². The maximum atomic E-state index is 12.5. The van der Waals surface area contributed by atoms with E-state index >= 15 is 0 Å². The van der Waals surface area contributed by atoms with Gasteiger partial charge in [0.25, 0.3) is 0 Å². The molecule has 1 aromatic heterocycles. The predicted octanol–water partition coefficient (Wildman–Crippen LogP) is 4.21. The van der Waals surface area contributed by atoms with E-state index in [1.54, 1.807) is 7.11 Å². The Balaban J connectivity index is 1.68. The van der Waals surface area contributed by atoms with E-state index in [0.29, 0.717) is 12.8 Å². The molecule has 0 aliphatic heterocycles. The molecule has 3 rings (SSSR count). The van der Waals surface area contributed by atoms with E-state index < -0.39 is 0 Å². The first-order chi connectivity index (χ1) is 13.5. The zero-order valence-electron chi connectivity index (χ0n) is 17.0. The summed E-state index contributed by atoms with van der Waals surface area (Å²) in [6, 6.07) is 16.0. The first kappa shape index (κ1) is 19.7. The second-order valence-corrected chi connectivity index (χ2v) is 7.01. The summed E-state index contributed by atoms with van der Waals surface area (Å²) in [4.78, 5) is 12.5. The lowest BCUT2D eigenvalue weighted by atomic mass is 10.0. The molecule has 146 valence electrons. The van der Waals surface area contributed by atoms with Crippen molar-refractivity contribution in [2.75, 3.05) is 12.4 Å². The van der Waals surface area contributed by atoms with E-state index in [9.17, 15) is 4.79 Å². The van der Waals surface area contributed by atoms with Crippen LogP contribution in [0.4, 0.5) is 5.69 Å². The highest BCUT2D eigenvalue weighted by Crippen LogP contribution is 2.25. The van der Waals surface area contributed by atoms with E-state index in [0.717, 1.165) is 40.4 Å². The highest BCUT2D eigenvalue weighted by Gasteiger charge is 2.12. The first-order valence-electron chi connectivity index (χ1n) is 9.47. The van der Waals surface area contributed by atoms with Crippen LogP contribution in [0.5, 0.6) is 5.75 Å². The lowest BCUT2D eigenvalue weighted by Gasteiger charge is -2.12. The Labute approximate surface area is 166 Å². The quantitative estimate of drug-likeness (QED) is 0.671. The predicted molar refractivity (Wildman–Crippen MR) is 112 cm³/mol. The van der Waals surface area contributed by atoms with Gasteiger partial charge in [0.15, 0.2) is 0 Å². The zero-order valence-corrected chi connectivity index (χ0v) is 17.0. The van der Waals surface area contributed by atoms with Crippen molar-refractivity contribution in [2.45, 2.75) is 33.1 Å². The largest absolute Gasteiger partial charge is 0.496 e. The van der Waals surface area contributed by atoms with Crippen molar-refractivity contribution in [1.82, 2.24) is 9.78 Å². The lowest BCUT2D eigenvalue weighted by Crippen LogP contribution is -2.13. The number of amides is 1. The number of carbonyl (C=O) groups is 1. The van der Waals surface area contributed by atoms with Crippen LogP contribution in [-0.4, -0.2) is 22.8 Å². The molecule has 28 heavy (non-hydrogen) atoms. The van der Waals surface area contributed by atoms with Gasteiger partial charge in [-0.05, 0) is 49.6 Å². The molecule has 0 fully saturated rings. The van der Waals surface area contributed by atoms with Gasteiger partial charge in [0.1, 0.15) is 5.75 Å². The molecule has 5 nitrogen and oxygen atoms in total. The monoisotopic (exact) mass is 377 g/mol. The molecule has 0 bridgehead atoms. The number of nitrogens with one attached hydrogen (secondary N) is 1. The summed E-state index contributed by atoms with van der Waals surface area (Å²) in [5.41, 5.74) is 6.29. The van der Waals surface area contributed by atoms with E-state index in [1.807, 2.05) is 62.0 Å². The molecular weight excluding hydrogens is 350 g/mol. The molecule has 0 unspecified atom stereocenters. The number of aromatic nitrogens is 2. The van der Waals surface area contributed by atoms with E-state index in [-0.39, 0.29) is 5.91 Å². The Morgan fingerprint density at radius 3 is 2.54 bits per heavy atom. The van der Waals surface area contributed by atoms with Gasteiger partial charge >= 0.3 is 0 Å². The number of anilines is 1. The summed E-state index contributed by atoms with van der Waals surface area (Å²) < 4.78 is 7.35. The Morgan fingerprint density at radius 2 is 1.89 bits per heavy atom. The molecule has 5 heteroatoms. The van der Waals surface area contributed by atoms with Crippen molar-refractivity contribution in [1.29, 1.82) is 0 Å². The van der Waals surface area contributed by atoms with Crippen LogP contribution in [0.25, 0.3) is 0 Å². The number of ether oxygens (including phenoxy) is 1. The molecule has 1 heterocycles. The number of carbonyl (C=O) groups excluding carboxylic acids is 1. The van der Waals surface area contributed by atoms with Gasteiger partial charge in [-0.1, -0.05) is 30.3 Å². The van der Waals surface area contributed by atoms with Crippen LogP contribution in [-0.2, 0) is 24.7 Å². The van der Waals surface area contributed by atoms with Crippen LogP contribution in [0.3, 0.4) is 0 Å². The minimum absolute atomic E-state index is 0.00141. The fourth-order valence-corrected chi connectivity index (χ4v) is 3.45. The Morgan fingerprint density at radius 1 is 1.14 bits per heavy atom. The fraction of sp³-hybridized carbons (Fsp3) is 0.304. The number of rotatable bonds is 7. The molecule has 3 aromatic rings. The number of methoxy groups -OCH3 is 1. The summed E-state index contributed by atoms with van der Waals surface area (Å²) in [7, 11) is 3.60. The minimum atomic E-state index is -0.00141. The number of hydrogen-bond donors (Lipinski definition) is 1. The van der Waals surface area contributed by atoms with Gasteiger partial charge in [0, 0.05) is 36.8 Å². The highest BCUT2D eigenvalue weighted by molar-refractivity contribution is 5.91. The Hall–Kier alpha value is -3.08. The van der Waals surface area contributed by atoms with Gasteiger partial charge in [-0.2, -0.15) is 5.10 Å². The van der Waals surface area contributed by atoms with Gasteiger partial charge in [-0.3, -0.25) is 9.48 Å². The zero-order chi connectivity index (χ0) is 20.1. The molecular formula is C23H27N3O2. The molecule has 1 N–H and O–H groups in total. The van der Waals surface area contributed by atoms with Crippen molar-refractivity contribution >= 4 is 11.6 Å². The Kier molecular flexibility index (Phi) is 6.14. The third kappa shape index (κ3) is 4.60. The van der Waals surface area contributed by atoms with E-state index in [4.69, 9.17) is 4.74 Å². The summed E-state index contributed by atoms with van der Waals surface area (Å²) >= 11 is 0. The summed E-state index contributed by atoms with van der Waals surface area (Å²) in [6.45, 7) is 4.02. The minimum Gasteiger partial charge on any atom is -0.496 e. The van der Waals surface area contributed by atoms with Crippen molar-refractivity contribution in [3.05, 3.63) is 76.6 Å².